The second-order valence-corrected chi connectivity index (χ2v) is 14.7. The number of amides is 1. The van der Waals surface area contributed by atoms with Gasteiger partial charge in [-0.3, -0.25) is 24.5 Å². The molecule has 1 fully saturated rings. The molecule has 1 saturated heterocycles. The van der Waals surface area contributed by atoms with Gasteiger partial charge in [-0.15, -0.1) is 0 Å². The fourth-order valence-electron chi connectivity index (χ4n) is 3.16. The van der Waals surface area contributed by atoms with Crippen LogP contribution in [-0.4, -0.2) is 70.3 Å². The van der Waals surface area contributed by atoms with Gasteiger partial charge in [0, 0.05) is 7.29 Å². The fourth-order valence-corrected chi connectivity index (χ4v) is 4.45. The van der Waals surface area contributed by atoms with E-state index in [2.05, 4.69) is 59.2 Å². The Kier molecular flexibility index (Phi) is 7.00. The Labute approximate surface area is 197 Å². The molecular formula is C21H37N5O6Si. The number of carbonyl (C=O) groups excluding carboxylic acids is 1. The molecule has 4 atom stereocenters. The average molecular weight is 487 g/mol. The number of H-pyrrole nitrogens is 1. The zero-order chi connectivity index (χ0) is 26.7. The fraction of sp³-hybridized carbons (Fsp3) is 0.714. The van der Waals surface area contributed by atoms with E-state index in [1.54, 1.807) is 13.8 Å². The number of aromatic nitrogens is 4. The molecule has 3 heterocycles. The summed E-state index contributed by atoms with van der Waals surface area (Å²) in [5, 5.41) is 17.9. The van der Waals surface area contributed by atoms with Gasteiger partial charge in [0.15, 0.2) is 25.7 Å². The first-order valence-electron chi connectivity index (χ1n) is 12.0. The molecule has 33 heavy (non-hydrogen) atoms. The van der Waals surface area contributed by atoms with Crippen molar-refractivity contribution in [2.24, 2.45) is 5.92 Å². The SMILES string of the molecule is [2H]OC[C@H]1O[C@@H](n2cnc3c(=O)[nH]c(NC(=O)C(C)C)nc32)C(O[Si](C)(C)C(C)(C)C)[C@H]1O.[3H]C. The highest BCUT2D eigenvalue weighted by atomic mass is 28.4. The molecular weight excluding hydrogens is 446 g/mol. The minimum Gasteiger partial charge on any atom is -0.407 e. The monoisotopic (exact) mass is 486 g/mol. The van der Waals surface area contributed by atoms with Gasteiger partial charge >= 0.3 is 0 Å². The topological polar surface area (TPSA) is 152 Å². The number of nitrogens with zero attached hydrogens (tertiary/aromatic N) is 3. The van der Waals surface area contributed by atoms with Crippen LogP contribution in [0, 0.1) is 5.92 Å². The van der Waals surface area contributed by atoms with Gasteiger partial charge in [-0.1, -0.05) is 42.0 Å². The van der Waals surface area contributed by atoms with Crippen LogP contribution in [0.5, 0.6) is 0 Å². The lowest BCUT2D eigenvalue weighted by Crippen LogP contribution is -2.48. The number of ether oxygens (including phenoxy) is 1. The molecule has 0 bridgehead atoms. The van der Waals surface area contributed by atoms with Crippen LogP contribution in [0.3, 0.4) is 0 Å². The summed E-state index contributed by atoms with van der Waals surface area (Å²) in [6.07, 6.45) is -2.18. The number of aliphatic hydroxyl groups excluding tert-OH is 2. The lowest BCUT2D eigenvalue weighted by atomic mass is 10.1. The first-order valence-corrected chi connectivity index (χ1v) is 13.5. The molecule has 1 amide bonds. The van der Waals surface area contributed by atoms with Gasteiger partial charge in [-0.25, -0.2) is 4.98 Å². The van der Waals surface area contributed by atoms with Crippen LogP contribution < -0.4 is 10.9 Å². The third kappa shape index (κ3) is 5.19. The van der Waals surface area contributed by atoms with Crippen molar-refractivity contribution < 1.29 is 25.5 Å². The van der Waals surface area contributed by atoms with Crippen molar-refractivity contribution >= 4 is 31.3 Å². The van der Waals surface area contributed by atoms with E-state index in [0.717, 1.165) is 0 Å². The molecule has 2 aromatic rings. The minimum atomic E-state index is -2.35. The molecule has 12 heteroatoms. The number of aromatic amines is 1. The van der Waals surface area contributed by atoms with E-state index in [-0.39, 0.29) is 40.6 Å². The van der Waals surface area contributed by atoms with Crippen molar-refractivity contribution in [3.63, 3.8) is 0 Å². The zero-order valence-corrected chi connectivity index (χ0v) is 21.5. The largest absolute Gasteiger partial charge is 0.407 e. The van der Waals surface area contributed by atoms with Gasteiger partial charge < -0.3 is 19.4 Å². The molecule has 11 nitrogen and oxygen atoms in total. The number of rotatable bonds is 7. The molecule has 0 radical (unpaired) electrons. The Balaban J connectivity index is 0.00000210. The summed E-state index contributed by atoms with van der Waals surface area (Å²) in [6, 6.07) is 0. The number of hydrogen-bond acceptors (Lipinski definition) is 8. The lowest BCUT2D eigenvalue weighted by Gasteiger charge is -2.40. The van der Waals surface area contributed by atoms with Crippen LogP contribution in [0.2, 0.25) is 18.1 Å². The molecule has 0 aromatic carbocycles. The predicted octanol–water partition coefficient (Wildman–Crippen LogP) is 1.99. The summed E-state index contributed by atoms with van der Waals surface area (Å²) in [4.78, 5) is 35.7. The van der Waals surface area contributed by atoms with Crippen molar-refractivity contribution in [1.82, 2.24) is 19.5 Å². The minimum absolute atomic E-state index is 0.0144. The lowest BCUT2D eigenvalue weighted by molar-refractivity contribution is -0.118. The molecule has 0 aliphatic carbocycles. The Morgan fingerprint density at radius 2 is 2.18 bits per heavy atom. The quantitative estimate of drug-likeness (QED) is 0.434. The summed E-state index contributed by atoms with van der Waals surface area (Å²) in [5.74, 6) is -0.625. The molecule has 2 aromatic heterocycles. The Bertz CT molecular complexity index is 1070. The average Bonchev–Trinajstić information content (AvgIpc) is 3.31. The van der Waals surface area contributed by atoms with Crippen LogP contribution in [0.4, 0.5) is 5.95 Å². The van der Waals surface area contributed by atoms with Crippen LogP contribution >= 0.6 is 0 Å². The highest BCUT2D eigenvalue weighted by Gasteiger charge is 2.50. The second-order valence-electron chi connectivity index (χ2n) is 9.95. The normalized spacial score (nSPS) is 24.3. The van der Waals surface area contributed by atoms with E-state index >= 15 is 0 Å². The molecule has 1 aliphatic heterocycles. The first kappa shape index (κ1) is 24.0. The van der Waals surface area contributed by atoms with Gasteiger partial charge in [0.1, 0.15) is 18.3 Å². The van der Waals surface area contributed by atoms with Crippen molar-refractivity contribution in [2.75, 3.05) is 11.9 Å². The summed E-state index contributed by atoms with van der Waals surface area (Å²) in [6.45, 7) is 13.6. The Hall–Kier alpha value is -2.12. The maximum Gasteiger partial charge on any atom is 0.280 e. The van der Waals surface area contributed by atoms with E-state index < -0.39 is 38.4 Å². The van der Waals surface area contributed by atoms with Crippen LogP contribution in [0.1, 0.15) is 49.6 Å². The molecule has 1 unspecified atom stereocenters. The van der Waals surface area contributed by atoms with Gasteiger partial charge in [-0.2, -0.15) is 4.98 Å². The number of hydrogen-bond donors (Lipinski definition) is 4. The number of fused-ring (bicyclic) bond motifs is 1. The summed E-state index contributed by atoms with van der Waals surface area (Å²) in [5.41, 5.74) is -0.294. The van der Waals surface area contributed by atoms with E-state index in [1.807, 2.05) is 0 Å². The number of imidazole rings is 1. The van der Waals surface area contributed by atoms with Gasteiger partial charge in [0.25, 0.3) is 5.56 Å². The van der Waals surface area contributed by atoms with Crippen LogP contribution in [-0.2, 0) is 14.0 Å². The van der Waals surface area contributed by atoms with Gasteiger partial charge in [0.05, 0.1) is 12.9 Å². The van der Waals surface area contributed by atoms with E-state index in [4.69, 9.17) is 12.0 Å². The number of aliphatic hydroxyl groups is 2. The summed E-state index contributed by atoms with van der Waals surface area (Å²) < 4.78 is 26.9. The highest BCUT2D eigenvalue weighted by Crippen LogP contribution is 2.42. The Morgan fingerprint density at radius 1 is 1.52 bits per heavy atom. The maximum absolute atomic E-state index is 12.6. The van der Waals surface area contributed by atoms with Gasteiger partial charge in [0.2, 0.25) is 13.3 Å². The van der Waals surface area contributed by atoms with Crippen molar-refractivity contribution in [2.45, 2.75) is 84.7 Å². The first-order chi connectivity index (χ1) is 16.3. The second kappa shape index (κ2) is 9.62. The van der Waals surface area contributed by atoms with Crippen molar-refractivity contribution in [3.05, 3.63) is 16.7 Å². The molecule has 0 saturated carbocycles. The molecule has 4 N–H and O–H groups in total. The van der Waals surface area contributed by atoms with E-state index in [0.29, 0.717) is 0 Å². The van der Waals surface area contributed by atoms with Gasteiger partial charge in [-0.05, 0) is 18.1 Å². The number of carbonyl (C=O) groups is 1. The standard InChI is InChI=1S/C20H33N5O6Si.CH4/c1-10(2)16(28)23-19-22-15-12(17(29)24-19)21-9-25(15)18-14(13(27)11(8-26)30-18)31-32(6,7)20(3,4)5;/h9-11,13-14,18,26-27H,8H2,1-7H3,(H2,22,23,24,28,29);1H4/t11-,13+,14?,18-;/m1./s1/i26D;1T. The van der Waals surface area contributed by atoms with E-state index in [1.165, 1.54) is 18.3 Å². The maximum atomic E-state index is 12.6. The van der Waals surface area contributed by atoms with Crippen molar-refractivity contribution in [1.29, 1.82) is 1.43 Å². The molecule has 0 spiro atoms. The van der Waals surface area contributed by atoms with Crippen molar-refractivity contribution in [3.8, 4) is 0 Å². The number of nitrogens with one attached hydrogen (secondary N) is 2. The smallest absolute Gasteiger partial charge is 0.280 e. The molecule has 3 rings (SSSR count). The van der Waals surface area contributed by atoms with E-state index in [9.17, 15) is 14.7 Å². The molecule has 1 aliphatic rings. The predicted molar refractivity (Wildman–Crippen MR) is 127 cm³/mol. The highest BCUT2D eigenvalue weighted by molar-refractivity contribution is 6.74. The summed E-state index contributed by atoms with van der Waals surface area (Å²) in [7, 11) is -1.10. The third-order valence-electron chi connectivity index (χ3n) is 6.19. The number of anilines is 1. The third-order valence-corrected chi connectivity index (χ3v) is 10.7. The Morgan fingerprint density at radius 3 is 2.76 bits per heavy atom. The van der Waals surface area contributed by atoms with Crippen LogP contribution in [0.15, 0.2) is 11.1 Å². The van der Waals surface area contributed by atoms with Crippen LogP contribution in [0.25, 0.3) is 11.2 Å². The zero-order valence-electron chi connectivity index (χ0n) is 22.5. The summed E-state index contributed by atoms with van der Waals surface area (Å²) >= 11 is 0. The molecule has 186 valence electrons.